The molecule has 0 aliphatic rings. The zero-order valence-corrected chi connectivity index (χ0v) is 12.1. The van der Waals surface area contributed by atoms with Gasteiger partial charge in [0, 0.05) is 0 Å². The SMILES string of the molecule is Cc1cc(COCCC(F)(F)F)oc1CNCC(C)C. The molecule has 3 nitrogen and oxygen atoms in total. The number of hydrogen-bond donors (Lipinski definition) is 1. The molecule has 0 atom stereocenters. The van der Waals surface area contributed by atoms with Gasteiger partial charge < -0.3 is 14.5 Å². The molecule has 6 heteroatoms. The monoisotopic (exact) mass is 293 g/mol. The maximum Gasteiger partial charge on any atom is 0.391 e. The van der Waals surface area contributed by atoms with Gasteiger partial charge in [0.15, 0.2) is 0 Å². The molecule has 1 N–H and O–H groups in total. The van der Waals surface area contributed by atoms with E-state index in [1.807, 2.05) is 6.92 Å². The molecule has 1 aromatic rings. The molecule has 0 aliphatic heterocycles. The van der Waals surface area contributed by atoms with Crippen LogP contribution in [0.1, 0.15) is 37.4 Å². The van der Waals surface area contributed by atoms with Crippen LogP contribution in [0.15, 0.2) is 10.5 Å². The second-order valence-corrected chi connectivity index (χ2v) is 5.26. The molecule has 0 bridgehead atoms. The van der Waals surface area contributed by atoms with Crippen LogP contribution in [0.4, 0.5) is 13.2 Å². The lowest BCUT2D eigenvalue weighted by Crippen LogP contribution is -2.18. The summed E-state index contributed by atoms with van der Waals surface area (Å²) in [5.74, 6) is 1.92. The summed E-state index contributed by atoms with van der Waals surface area (Å²) in [6.45, 7) is 7.37. The first-order chi connectivity index (χ1) is 9.28. The predicted octanol–water partition coefficient (Wildman–Crippen LogP) is 3.80. The Morgan fingerprint density at radius 2 is 2.05 bits per heavy atom. The number of halogens is 3. The Morgan fingerprint density at radius 1 is 1.35 bits per heavy atom. The van der Waals surface area contributed by atoms with Gasteiger partial charge in [-0.2, -0.15) is 13.2 Å². The molecule has 0 spiro atoms. The van der Waals surface area contributed by atoms with Crippen molar-refractivity contribution < 1.29 is 22.3 Å². The van der Waals surface area contributed by atoms with Crippen LogP contribution in [-0.4, -0.2) is 19.3 Å². The lowest BCUT2D eigenvalue weighted by atomic mass is 10.2. The van der Waals surface area contributed by atoms with Gasteiger partial charge in [-0.1, -0.05) is 13.8 Å². The number of furan rings is 1. The zero-order chi connectivity index (χ0) is 15.2. The third-order valence-corrected chi connectivity index (χ3v) is 2.68. The van der Waals surface area contributed by atoms with Crippen LogP contribution < -0.4 is 5.32 Å². The average Bonchev–Trinajstić information content (AvgIpc) is 2.64. The summed E-state index contributed by atoms with van der Waals surface area (Å²) in [6.07, 6.45) is -5.11. The minimum Gasteiger partial charge on any atom is -0.462 e. The molecule has 0 unspecified atom stereocenters. The van der Waals surface area contributed by atoms with Gasteiger partial charge >= 0.3 is 6.18 Å². The second kappa shape index (κ2) is 7.69. The molecular weight excluding hydrogens is 271 g/mol. The van der Waals surface area contributed by atoms with Crippen LogP contribution in [0.25, 0.3) is 0 Å². The van der Waals surface area contributed by atoms with E-state index in [0.717, 1.165) is 17.9 Å². The summed E-state index contributed by atoms with van der Waals surface area (Å²) < 4.78 is 46.4. The van der Waals surface area contributed by atoms with Crippen molar-refractivity contribution in [2.75, 3.05) is 13.2 Å². The molecule has 0 radical (unpaired) electrons. The third-order valence-electron chi connectivity index (χ3n) is 2.68. The molecule has 1 heterocycles. The molecular formula is C14H22F3NO2. The zero-order valence-electron chi connectivity index (χ0n) is 12.1. The second-order valence-electron chi connectivity index (χ2n) is 5.26. The summed E-state index contributed by atoms with van der Waals surface area (Å²) in [5, 5.41) is 3.26. The smallest absolute Gasteiger partial charge is 0.391 e. The van der Waals surface area contributed by atoms with Crippen LogP contribution in [0.2, 0.25) is 0 Å². The fraction of sp³-hybridized carbons (Fsp3) is 0.714. The molecule has 0 saturated carbocycles. The summed E-state index contributed by atoms with van der Waals surface area (Å²) in [7, 11) is 0. The van der Waals surface area contributed by atoms with Gasteiger partial charge in [0.1, 0.15) is 18.1 Å². The van der Waals surface area contributed by atoms with Gasteiger partial charge in [-0.3, -0.25) is 0 Å². The van der Waals surface area contributed by atoms with Crippen molar-refractivity contribution in [2.45, 2.75) is 46.5 Å². The van der Waals surface area contributed by atoms with E-state index in [9.17, 15) is 13.2 Å². The molecule has 0 saturated heterocycles. The van der Waals surface area contributed by atoms with Crippen molar-refractivity contribution in [3.05, 3.63) is 23.2 Å². The minimum atomic E-state index is -4.18. The summed E-state index contributed by atoms with van der Waals surface area (Å²) in [5.41, 5.74) is 0.982. The quantitative estimate of drug-likeness (QED) is 0.740. The van der Waals surface area contributed by atoms with Crippen molar-refractivity contribution in [2.24, 2.45) is 5.92 Å². The number of alkyl halides is 3. The van der Waals surface area contributed by atoms with Crippen molar-refractivity contribution in [1.82, 2.24) is 5.32 Å². The number of nitrogens with one attached hydrogen (secondary N) is 1. The molecule has 20 heavy (non-hydrogen) atoms. The fourth-order valence-corrected chi connectivity index (χ4v) is 1.67. The molecule has 1 aromatic heterocycles. The normalized spacial score (nSPS) is 12.3. The summed E-state index contributed by atoms with van der Waals surface area (Å²) >= 11 is 0. The Hall–Kier alpha value is -1.01. The van der Waals surface area contributed by atoms with E-state index in [1.165, 1.54) is 0 Å². The molecule has 0 aromatic carbocycles. The standard InChI is InChI=1S/C14H22F3NO2/c1-10(2)7-18-8-13-11(3)6-12(20-13)9-19-5-4-14(15,16)17/h6,10,18H,4-5,7-9H2,1-3H3. The van der Waals surface area contributed by atoms with Crippen molar-refractivity contribution in [3.8, 4) is 0 Å². The molecule has 0 amide bonds. The van der Waals surface area contributed by atoms with E-state index in [-0.39, 0.29) is 13.2 Å². The van der Waals surface area contributed by atoms with E-state index < -0.39 is 12.6 Å². The first kappa shape index (κ1) is 17.0. The number of aryl methyl sites for hydroxylation is 1. The largest absolute Gasteiger partial charge is 0.462 e. The van der Waals surface area contributed by atoms with Crippen LogP contribution in [0, 0.1) is 12.8 Å². The van der Waals surface area contributed by atoms with Crippen molar-refractivity contribution in [3.63, 3.8) is 0 Å². The number of ether oxygens (including phenoxy) is 1. The highest BCUT2D eigenvalue weighted by molar-refractivity contribution is 5.19. The van der Waals surface area contributed by atoms with Crippen molar-refractivity contribution in [1.29, 1.82) is 0 Å². The molecule has 1 rings (SSSR count). The lowest BCUT2D eigenvalue weighted by Gasteiger charge is -2.06. The summed E-state index contributed by atoms with van der Waals surface area (Å²) in [6, 6.07) is 1.81. The van der Waals surface area contributed by atoms with Gasteiger partial charge in [-0.25, -0.2) is 0 Å². The fourth-order valence-electron chi connectivity index (χ4n) is 1.67. The van der Waals surface area contributed by atoms with E-state index in [2.05, 4.69) is 19.2 Å². The van der Waals surface area contributed by atoms with E-state index in [1.54, 1.807) is 6.07 Å². The molecule has 116 valence electrons. The Labute approximate surface area is 117 Å². The Morgan fingerprint density at radius 3 is 2.65 bits per heavy atom. The van der Waals surface area contributed by atoms with Gasteiger partial charge in [0.05, 0.1) is 19.6 Å². The molecule has 0 fully saturated rings. The third kappa shape index (κ3) is 6.96. The highest BCUT2D eigenvalue weighted by Gasteiger charge is 2.26. The van der Waals surface area contributed by atoms with Crippen LogP contribution >= 0.6 is 0 Å². The van der Waals surface area contributed by atoms with Crippen LogP contribution in [0.5, 0.6) is 0 Å². The average molecular weight is 293 g/mol. The van der Waals surface area contributed by atoms with Gasteiger partial charge in [-0.05, 0) is 31.0 Å². The summed E-state index contributed by atoms with van der Waals surface area (Å²) in [4.78, 5) is 0. The van der Waals surface area contributed by atoms with E-state index >= 15 is 0 Å². The van der Waals surface area contributed by atoms with Crippen molar-refractivity contribution >= 4 is 0 Å². The first-order valence-electron chi connectivity index (χ1n) is 6.71. The highest BCUT2D eigenvalue weighted by atomic mass is 19.4. The topological polar surface area (TPSA) is 34.4 Å². The molecule has 0 aliphatic carbocycles. The Bertz CT molecular complexity index is 400. The van der Waals surface area contributed by atoms with Gasteiger partial charge in [0.25, 0.3) is 0 Å². The maximum absolute atomic E-state index is 11.9. The Balaban J connectivity index is 2.33. The number of rotatable bonds is 8. The van der Waals surface area contributed by atoms with E-state index in [4.69, 9.17) is 9.15 Å². The first-order valence-corrected chi connectivity index (χ1v) is 6.71. The van der Waals surface area contributed by atoms with Crippen LogP contribution in [-0.2, 0) is 17.9 Å². The maximum atomic E-state index is 11.9. The van der Waals surface area contributed by atoms with E-state index in [0.29, 0.717) is 18.2 Å². The lowest BCUT2D eigenvalue weighted by molar-refractivity contribution is -0.146. The number of hydrogen-bond acceptors (Lipinski definition) is 3. The van der Waals surface area contributed by atoms with Crippen LogP contribution in [0.3, 0.4) is 0 Å². The highest BCUT2D eigenvalue weighted by Crippen LogP contribution is 2.20. The van der Waals surface area contributed by atoms with Gasteiger partial charge in [-0.15, -0.1) is 0 Å². The Kier molecular flexibility index (Phi) is 6.55. The van der Waals surface area contributed by atoms with Gasteiger partial charge in [0.2, 0.25) is 0 Å². The predicted molar refractivity (Wildman–Crippen MR) is 70.3 cm³/mol. The minimum absolute atomic E-state index is 0.0705.